The van der Waals surface area contributed by atoms with Crippen LogP contribution in [0.3, 0.4) is 0 Å². The minimum Gasteiger partial charge on any atom is -0.305 e. The van der Waals surface area contributed by atoms with Crippen LogP contribution in [0.4, 0.5) is 0 Å². The zero-order valence-corrected chi connectivity index (χ0v) is 7.82. The van der Waals surface area contributed by atoms with Crippen molar-refractivity contribution >= 4 is 10.8 Å². The van der Waals surface area contributed by atoms with Crippen LogP contribution in [0, 0.1) is 5.41 Å². The molecule has 0 atom stereocenters. The summed E-state index contributed by atoms with van der Waals surface area (Å²) in [7, 11) is 1.68. The molecule has 0 unspecified atom stereocenters. The van der Waals surface area contributed by atoms with E-state index in [0.29, 0.717) is 5.41 Å². The standard InChI is InChI=1S/C8H15NOS/c1-9-6-8(7-9)2-4-11(10)5-3-8/h2-7H2,1H3. The van der Waals surface area contributed by atoms with Gasteiger partial charge in [-0.05, 0) is 25.3 Å². The molecule has 0 radical (unpaired) electrons. The third kappa shape index (κ3) is 1.36. The van der Waals surface area contributed by atoms with Crippen LogP contribution in [0.1, 0.15) is 12.8 Å². The Morgan fingerprint density at radius 3 is 2.27 bits per heavy atom. The monoisotopic (exact) mass is 173 g/mol. The first-order valence-corrected chi connectivity index (χ1v) is 5.73. The van der Waals surface area contributed by atoms with Crippen molar-refractivity contribution in [3.05, 3.63) is 0 Å². The summed E-state index contributed by atoms with van der Waals surface area (Å²) in [5, 5.41) is 0. The van der Waals surface area contributed by atoms with Crippen LogP contribution in [0.25, 0.3) is 0 Å². The summed E-state index contributed by atoms with van der Waals surface area (Å²) in [6, 6.07) is 0. The Hall–Kier alpha value is 0.110. The lowest BCUT2D eigenvalue weighted by atomic mass is 9.75. The van der Waals surface area contributed by atoms with Crippen molar-refractivity contribution in [3.63, 3.8) is 0 Å². The normalized spacial score (nSPS) is 32.1. The maximum Gasteiger partial charge on any atom is 0.0241 e. The highest BCUT2D eigenvalue weighted by Gasteiger charge is 2.42. The Labute approximate surface area is 70.4 Å². The molecule has 2 nitrogen and oxygen atoms in total. The fourth-order valence-electron chi connectivity index (χ4n) is 2.30. The van der Waals surface area contributed by atoms with E-state index in [0.717, 1.165) is 11.5 Å². The molecule has 0 N–H and O–H groups in total. The van der Waals surface area contributed by atoms with Crippen LogP contribution in [-0.4, -0.2) is 40.8 Å². The topological polar surface area (TPSA) is 20.3 Å². The van der Waals surface area contributed by atoms with Crippen molar-refractivity contribution in [2.24, 2.45) is 5.41 Å². The fourth-order valence-corrected chi connectivity index (χ4v) is 3.83. The predicted molar refractivity (Wildman–Crippen MR) is 47.0 cm³/mol. The van der Waals surface area contributed by atoms with Gasteiger partial charge in [-0.1, -0.05) is 0 Å². The van der Waals surface area contributed by atoms with Crippen LogP contribution in [0.2, 0.25) is 0 Å². The van der Waals surface area contributed by atoms with Gasteiger partial charge < -0.3 is 4.90 Å². The maximum atomic E-state index is 11.1. The summed E-state index contributed by atoms with van der Waals surface area (Å²) in [4.78, 5) is 2.36. The van der Waals surface area contributed by atoms with Gasteiger partial charge in [-0.2, -0.15) is 0 Å². The van der Waals surface area contributed by atoms with E-state index in [1.54, 1.807) is 0 Å². The van der Waals surface area contributed by atoms with E-state index in [9.17, 15) is 4.21 Å². The molecule has 2 fully saturated rings. The van der Waals surface area contributed by atoms with Crippen LogP contribution in [0.15, 0.2) is 0 Å². The lowest BCUT2D eigenvalue weighted by Gasteiger charge is -2.50. The zero-order chi connectivity index (χ0) is 7.90. The molecule has 0 amide bonds. The van der Waals surface area contributed by atoms with Crippen LogP contribution >= 0.6 is 0 Å². The molecule has 2 rings (SSSR count). The molecule has 0 saturated carbocycles. The third-order valence-electron chi connectivity index (χ3n) is 2.93. The molecular formula is C8H15NOS. The van der Waals surface area contributed by atoms with Crippen molar-refractivity contribution in [2.45, 2.75) is 12.8 Å². The van der Waals surface area contributed by atoms with Crippen LogP contribution in [-0.2, 0) is 10.8 Å². The molecule has 0 aromatic rings. The maximum absolute atomic E-state index is 11.1. The SMILES string of the molecule is CN1CC2(CCS(=O)CC2)C1. The molecule has 2 heterocycles. The summed E-state index contributed by atoms with van der Waals surface area (Å²) < 4.78 is 11.1. The molecule has 1 spiro atoms. The number of nitrogens with zero attached hydrogens (tertiary/aromatic N) is 1. The Morgan fingerprint density at radius 2 is 1.82 bits per heavy atom. The van der Waals surface area contributed by atoms with Gasteiger partial charge in [0.05, 0.1) is 0 Å². The van der Waals surface area contributed by atoms with Gasteiger partial charge in [-0.3, -0.25) is 4.21 Å². The molecular weight excluding hydrogens is 158 g/mol. The summed E-state index contributed by atoms with van der Waals surface area (Å²) in [5.41, 5.74) is 0.586. The lowest BCUT2D eigenvalue weighted by molar-refractivity contribution is 0.0144. The van der Waals surface area contributed by atoms with E-state index in [2.05, 4.69) is 11.9 Å². The Morgan fingerprint density at radius 1 is 1.27 bits per heavy atom. The first-order valence-electron chi connectivity index (χ1n) is 4.24. The van der Waals surface area contributed by atoms with Gasteiger partial charge in [-0.25, -0.2) is 0 Å². The van der Waals surface area contributed by atoms with Gasteiger partial charge in [0, 0.05) is 35.4 Å². The van der Waals surface area contributed by atoms with E-state index >= 15 is 0 Å². The van der Waals surface area contributed by atoms with Gasteiger partial charge in [-0.15, -0.1) is 0 Å². The van der Waals surface area contributed by atoms with E-state index in [1.165, 1.54) is 25.9 Å². The second kappa shape index (κ2) is 2.56. The molecule has 64 valence electrons. The smallest absolute Gasteiger partial charge is 0.0241 e. The highest BCUT2D eigenvalue weighted by Crippen LogP contribution is 2.39. The Balaban J connectivity index is 1.93. The van der Waals surface area contributed by atoms with Gasteiger partial charge in [0.15, 0.2) is 0 Å². The quantitative estimate of drug-likeness (QED) is 0.530. The Bertz CT molecular complexity index is 175. The second-order valence-corrected chi connectivity index (χ2v) is 5.72. The fraction of sp³-hybridized carbons (Fsp3) is 1.00. The number of rotatable bonds is 0. The first kappa shape index (κ1) is 7.74. The van der Waals surface area contributed by atoms with Gasteiger partial charge in [0.1, 0.15) is 0 Å². The molecule has 0 bridgehead atoms. The van der Waals surface area contributed by atoms with Crippen molar-refractivity contribution in [1.82, 2.24) is 4.90 Å². The zero-order valence-electron chi connectivity index (χ0n) is 7.01. The van der Waals surface area contributed by atoms with E-state index in [4.69, 9.17) is 0 Å². The second-order valence-electron chi connectivity index (χ2n) is 4.02. The number of hydrogen-bond donors (Lipinski definition) is 0. The summed E-state index contributed by atoms with van der Waals surface area (Å²) in [6.45, 7) is 2.48. The molecule has 11 heavy (non-hydrogen) atoms. The van der Waals surface area contributed by atoms with E-state index in [1.807, 2.05) is 0 Å². The average Bonchev–Trinajstić information content (AvgIpc) is 1.92. The van der Waals surface area contributed by atoms with Crippen LogP contribution in [0.5, 0.6) is 0 Å². The van der Waals surface area contributed by atoms with Gasteiger partial charge in [0.25, 0.3) is 0 Å². The number of likely N-dealkylation sites (tertiary alicyclic amines) is 1. The summed E-state index contributed by atoms with van der Waals surface area (Å²) >= 11 is 0. The van der Waals surface area contributed by atoms with Crippen molar-refractivity contribution < 1.29 is 4.21 Å². The van der Waals surface area contributed by atoms with Crippen molar-refractivity contribution in [2.75, 3.05) is 31.6 Å². The highest BCUT2D eigenvalue weighted by atomic mass is 32.2. The van der Waals surface area contributed by atoms with Gasteiger partial charge in [0.2, 0.25) is 0 Å². The van der Waals surface area contributed by atoms with Crippen molar-refractivity contribution in [1.29, 1.82) is 0 Å². The molecule has 0 aromatic carbocycles. The minimum absolute atomic E-state index is 0.484. The lowest BCUT2D eigenvalue weighted by Crippen LogP contribution is -2.56. The largest absolute Gasteiger partial charge is 0.305 e. The van der Waals surface area contributed by atoms with Crippen molar-refractivity contribution in [3.8, 4) is 0 Å². The number of hydrogen-bond acceptors (Lipinski definition) is 2. The molecule has 2 aliphatic rings. The molecule has 2 aliphatic heterocycles. The first-order chi connectivity index (χ1) is 5.20. The molecule has 2 saturated heterocycles. The van der Waals surface area contributed by atoms with E-state index in [-0.39, 0.29) is 0 Å². The van der Waals surface area contributed by atoms with Crippen LogP contribution < -0.4 is 0 Å². The summed E-state index contributed by atoms with van der Waals surface area (Å²) in [6.07, 6.45) is 2.40. The molecule has 0 aromatic heterocycles. The van der Waals surface area contributed by atoms with E-state index < -0.39 is 10.8 Å². The highest BCUT2D eigenvalue weighted by molar-refractivity contribution is 7.85. The summed E-state index contributed by atoms with van der Waals surface area (Å²) in [5.74, 6) is 1.90. The predicted octanol–water partition coefficient (Wildman–Crippen LogP) is 0.461. The van der Waals surface area contributed by atoms with Gasteiger partial charge >= 0.3 is 0 Å². The Kier molecular flexibility index (Phi) is 1.80. The third-order valence-corrected chi connectivity index (χ3v) is 4.25. The minimum atomic E-state index is -0.484. The molecule has 0 aliphatic carbocycles. The average molecular weight is 173 g/mol. The molecule has 3 heteroatoms.